The number of benzene rings is 1. The van der Waals surface area contributed by atoms with Gasteiger partial charge >= 0.3 is 0 Å². The Morgan fingerprint density at radius 3 is 2.83 bits per heavy atom. The summed E-state index contributed by atoms with van der Waals surface area (Å²) < 4.78 is 26.4. The van der Waals surface area contributed by atoms with Crippen LogP contribution in [0.5, 0.6) is 0 Å². The van der Waals surface area contributed by atoms with Gasteiger partial charge in [0.15, 0.2) is 17.6 Å². The normalized spacial score (nSPS) is 22.9. The van der Waals surface area contributed by atoms with Crippen LogP contribution in [-0.2, 0) is 0 Å². The number of rotatable bonds is 5. The molecule has 1 aliphatic rings. The van der Waals surface area contributed by atoms with E-state index < -0.39 is 17.2 Å². The van der Waals surface area contributed by atoms with Gasteiger partial charge in [-0.15, -0.1) is 0 Å². The van der Waals surface area contributed by atoms with Crippen LogP contribution in [0.3, 0.4) is 0 Å². The molecule has 1 aliphatic heterocycles. The third-order valence-electron chi connectivity index (χ3n) is 3.76. The molecule has 0 aliphatic carbocycles. The molecule has 4 nitrogen and oxygen atoms in total. The first-order valence-corrected chi connectivity index (χ1v) is 8.89. The minimum Gasteiger partial charge on any atom is -0.387 e. The van der Waals surface area contributed by atoms with E-state index in [1.54, 1.807) is 17.8 Å². The maximum absolute atomic E-state index is 13.3. The highest BCUT2D eigenvalue weighted by atomic mass is 32.2. The number of nitrogens with one attached hydrogen (secondary N) is 2. The number of thioether (sulfide) groups is 1. The second kappa shape index (κ2) is 7.97. The van der Waals surface area contributed by atoms with Crippen molar-refractivity contribution in [3.63, 3.8) is 0 Å². The van der Waals surface area contributed by atoms with Gasteiger partial charge in [0, 0.05) is 12.3 Å². The van der Waals surface area contributed by atoms with E-state index in [4.69, 9.17) is 0 Å². The molecular weight excluding hydrogens is 320 g/mol. The van der Waals surface area contributed by atoms with Gasteiger partial charge in [-0.1, -0.05) is 6.07 Å². The molecule has 1 aromatic rings. The average Bonchev–Trinajstić information content (AvgIpc) is 2.95. The summed E-state index contributed by atoms with van der Waals surface area (Å²) in [6.45, 7) is 4.78. The van der Waals surface area contributed by atoms with E-state index >= 15 is 0 Å². The second-order valence-electron chi connectivity index (χ2n) is 5.76. The number of aliphatic imine (C=N–C) groups is 1. The van der Waals surface area contributed by atoms with Gasteiger partial charge in [0.1, 0.15) is 0 Å². The zero-order valence-corrected chi connectivity index (χ0v) is 14.2. The fourth-order valence-electron chi connectivity index (χ4n) is 2.34. The number of aliphatic hydroxyl groups is 1. The van der Waals surface area contributed by atoms with Crippen LogP contribution in [0.1, 0.15) is 31.9 Å². The van der Waals surface area contributed by atoms with Crippen molar-refractivity contribution < 1.29 is 13.9 Å². The molecule has 3 N–H and O–H groups in total. The smallest absolute Gasteiger partial charge is 0.191 e. The number of nitrogens with zero attached hydrogens (tertiary/aromatic N) is 1. The number of hydrogen-bond acceptors (Lipinski definition) is 3. The van der Waals surface area contributed by atoms with E-state index in [1.807, 2.05) is 13.8 Å². The molecule has 0 bridgehead atoms. The maximum atomic E-state index is 13.3. The lowest BCUT2D eigenvalue weighted by Gasteiger charge is -2.22. The number of hydrogen-bond donors (Lipinski definition) is 3. The van der Waals surface area contributed by atoms with Crippen LogP contribution in [0.4, 0.5) is 8.78 Å². The van der Waals surface area contributed by atoms with Crippen molar-refractivity contribution in [2.75, 3.05) is 24.6 Å². The fraction of sp³-hybridized carbons (Fsp3) is 0.562. The van der Waals surface area contributed by atoms with Crippen LogP contribution in [0.25, 0.3) is 0 Å². The molecule has 0 amide bonds. The van der Waals surface area contributed by atoms with Gasteiger partial charge in [0.05, 0.1) is 18.2 Å². The standard InChI is InChI=1S/C16H23F2N3OS/c1-3-19-15(20-9-16(22)6-7-23-10-16)21-11(2)12-4-5-13(17)14(18)8-12/h4-5,8,11,22H,3,6-7,9-10H2,1-2H3,(H2,19,20,21). The van der Waals surface area contributed by atoms with Crippen molar-refractivity contribution >= 4 is 17.7 Å². The van der Waals surface area contributed by atoms with E-state index in [0.29, 0.717) is 30.4 Å². The van der Waals surface area contributed by atoms with Crippen molar-refractivity contribution in [1.29, 1.82) is 0 Å². The van der Waals surface area contributed by atoms with Gasteiger partial charge in [-0.2, -0.15) is 11.8 Å². The maximum Gasteiger partial charge on any atom is 0.191 e. The van der Waals surface area contributed by atoms with Crippen LogP contribution in [0.15, 0.2) is 23.2 Å². The lowest BCUT2D eigenvalue weighted by atomic mass is 10.0. The van der Waals surface area contributed by atoms with E-state index in [-0.39, 0.29) is 6.04 Å². The third-order valence-corrected chi connectivity index (χ3v) is 4.99. The Kier molecular flexibility index (Phi) is 6.24. The van der Waals surface area contributed by atoms with Crippen LogP contribution >= 0.6 is 11.8 Å². The molecule has 1 heterocycles. The first-order chi connectivity index (χ1) is 10.9. The highest BCUT2D eigenvalue weighted by molar-refractivity contribution is 7.99. The molecule has 0 spiro atoms. The number of halogens is 2. The van der Waals surface area contributed by atoms with Gasteiger partial charge in [-0.05, 0) is 43.7 Å². The SMILES string of the molecule is CCNC(=NCC1(O)CCSC1)NC(C)c1ccc(F)c(F)c1. The Hall–Kier alpha value is -1.34. The van der Waals surface area contributed by atoms with Crippen molar-refractivity contribution in [1.82, 2.24) is 10.6 Å². The molecule has 0 saturated carbocycles. The van der Waals surface area contributed by atoms with Crippen LogP contribution in [-0.4, -0.2) is 41.3 Å². The van der Waals surface area contributed by atoms with Crippen LogP contribution < -0.4 is 10.6 Å². The Morgan fingerprint density at radius 2 is 2.22 bits per heavy atom. The monoisotopic (exact) mass is 343 g/mol. The molecular formula is C16H23F2N3OS. The summed E-state index contributed by atoms with van der Waals surface area (Å²) in [5, 5.41) is 16.6. The average molecular weight is 343 g/mol. The summed E-state index contributed by atoms with van der Waals surface area (Å²) in [5.74, 6) is 0.462. The molecule has 7 heteroatoms. The van der Waals surface area contributed by atoms with Crippen molar-refractivity contribution in [3.05, 3.63) is 35.4 Å². The van der Waals surface area contributed by atoms with Gasteiger partial charge in [0.2, 0.25) is 0 Å². The lowest BCUT2D eigenvalue weighted by Crippen LogP contribution is -2.41. The molecule has 1 aromatic carbocycles. The largest absolute Gasteiger partial charge is 0.387 e. The zero-order chi connectivity index (χ0) is 16.9. The molecule has 1 fully saturated rings. The van der Waals surface area contributed by atoms with Gasteiger partial charge in [-0.3, -0.25) is 4.99 Å². The van der Waals surface area contributed by atoms with E-state index in [1.165, 1.54) is 6.07 Å². The predicted molar refractivity (Wildman–Crippen MR) is 90.8 cm³/mol. The Labute approximate surface area is 139 Å². The Bertz CT molecular complexity index is 562. The Morgan fingerprint density at radius 1 is 1.43 bits per heavy atom. The minimum atomic E-state index is -0.865. The van der Waals surface area contributed by atoms with Gasteiger partial charge in [0.25, 0.3) is 0 Å². The molecule has 0 aromatic heterocycles. The summed E-state index contributed by atoms with van der Waals surface area (Å²) >= 11 is 1.72. The summed E-state index contributed by atoms with van der Waals surface area (Å²) in [7, 11) is 0. The molecule has 1 saturated heterocycles. The highest BCUT2D eigenvalue weighted by Crippen LogP contribution is 2.27. The molecule has 128 valence electrons. The highest BCUT2D eigenvalue weighted by Gasteiger charge is 2.31. The summed E-state index contributed by atoms with van der Waals surface area (Å²) in [4.78, 5) is 4.44. The summed E-state index contributed by atoms with van der Waals surface area (Å²) in [6.07, 6.45) is 0.735. The van der Waals surface area contributed by atoms with Gasteiger partial charge < -0.3 is 15.7 Å². The van der Waals surface area contributed by atoms with Crippen molar-refractivity contribution in [2.24, 2.45) is 4.99 Å². The molecule has 23 heavy (non-hydrogen) atoms. The van der Waals surface area contributed by atoms with E-state index in [9.17, 15) is 13.9 Å². The quantitative estimate of drug-likeness (QED) is 0.568. The first kappa shape index (κ1) is 18.0. The minimum absolute atomic E-state index is 0.240. The molecule has 2 atom stereocenters. The summed E-state index contributed by atoms with van der Waals surface area (Å²) in [5.41, 5.74) is -0.122. The molecule has 2 rings (SSSR count). The van der Waals surface area contributed by atoms with Crippen molar-refractivity contribution in [3.8, 4) is 0 Å². The molecule has 0 radical (unpaired) electrons. The first-order valence-electron chi connectivity index (χ1n) is 7.73. The summed E-state index contributed by atoms with van der Waals surface area (Å²) in [6, 6.07) is 3.60. The van der Waals surface area contributed by atoms with Crippen LogP contribution in [0, 0.1) is 11.6 Å². The zero-order valence-electron chi connectivity index (χ0n) is 13.4. The number of guanidine groups is 1. The lowest BCUT2D eigenvalue weighted by molar-refractivity contribution is 0.0778. The fourth-order valence-corrected chi connectivity index (χ4v) is 3.62. The van der Waals surface area contributed by atoms with E-state index in [2.05, 4.69) is 15.6 Å². The third kappa shape index (κ3) is 5.07. The van der Waals surface area contributed by atoms with Crippen LogP contribution in [0.2, 0.25) is 0 Å². The van der Waals surface area contributed by atoms with Crippen molar-refractivity contribution in [2.45, 2.75) is 31.9 Å². The Balaban J connectivity index is 2.03. The topological polar surface area (TPSA) is 56.7 Å². The van der Waals surface area contributed by atoms with E-state index in [0.717, 1.165) is 18.2 Å². The molecule has 2 unspecified atom stereocenters. The van der Waals surface area contributed by atoms with Gasteiger partial charge in [-0.25, -0.2) is 8.78 Å². The predicted octanol–water partition coefficient (Wildman–Crippen LogP) is 2.45. The second-order valence-corrected chi connectivity index (χ2v) is 6.87.